The van der Waals surface area contributed by atoms with Crippen LogP contribution in [0, 0.1) is 11.7 Å². The highest BCUT2D eigenvalue weighted by Gasteiger charge is 2.35. The molecular weight excluding hydrogens is 707 g/mol. The van der Waals surface area contributed by atoms with Crippen molar-refractivity contribution in [1.29, 1.82) is 0 Å². The molecule has 3 atom stereocenters. The molecule has 0 fully saturated rings. The Labute approximate surface area is 302 Å². The zero-order valence-corrected chi connectivity index (χ0v) is 29.1. The van der Waals surface area contributed by atoms with Gasteiger partial charge in [0.1, 0.15) is 11.9 Å². The molecule has 53 heavy (non-hydrogen) atoms. The molecule has 0 unspecified atom stereocenters. The molecule has 4 aromatic carbocycles. The SMILES string of the molecule is C[C@@H]1CN([C@@H](C)CO)C(=O)c2cccc(NC(=O)Cc3ccc(C(F)(F)F)cc3)c2O[C@@H]1CN(C)Cc1ccc(-c2cc(C(F)(F)F)ccc2F)cc1. The van der Waals surface area contributed by atoms with Crippen molar-refractivity contribution in [1.82, 2.24) is 9.80 Å². The van der Waals surface area contributed by atoms with Gasteiger partial charge in [0.25, 0.3) is 5.91 Å². The first kappa shape index (κ1) is 39.3. The third-order valence-corrected chi connectivity index (χ3v) is 9.11. The third-order valence-electron chi connectivity index (χ3n) is 9.11. The number of nitrogens with zero attached hydrogens (tertiary/aromatic N) is 2. The van der Waals surface area contributed by atoms with E-state index >= 15 is 0 Å². The lowest BCUT2D eigenvalue weighted by Crippen LogP contribution is -2.49. The summed E-state index contributed by atoms with van der Waals surface area (Å²) in [6, 6.07) is 17.1. The van der Waals surface area contributed by atoms with Gasteiger partial charge in [0.05, 0.1) is 41.4 Å². The number of rotatable bonds is 10. The van der Waals surface area contributed by atoms with Gasteiger partial charge in [-0.15, -0.1) is 0 Å². The van der Waals surface area contributed by atoms with Gasteiger partial charge in [-0.1, -0.05) is 49.4 Å². The lowest BCUT2D eigenvalue weighted by Gasteiger charge is -2.38. The fourth-order valence-electron chi connectivity index (χ4n) is 6.15. The predicted molar refractivity (Wildman–Crippen MR) is 185 cm³/mol. The summed E-state index contributed by atoms with van der Waals surface area (Å²) in [6.07, 6.45) is -9.95. The van der Waals surface area contributed by atoms with Crippen molar-refractivity contribution in [2.24, 2.45) is 5.92 Å². The number of carbonyl (C=O) groups excluding carboxylic acids is 2. The molecule has 282 valence electrons. The molecule has 1 heterocycles. The summed E-state index contributed by atoms with van der Waals surface area (Å²) in [4.78, 5) is 30.4. The van der Waals surface area contributed by atoms with Crippen molar-refractivity contribution >= 4 is 17.5 Å². The van der Waals surface area contributed by atoms with Gasteiger partial charge in [-0.2, -0.15) is 26.3 Å². The molecule has 7 nitrogen and oxygen atoms in total. The first-order valence-corrected chi connectivity index (χ1v) is 16.8. The Morgan fingerprint density at radius 2 is 1.55 bits per heavy atom. The Morgan fingerprint density at radius 3 is 2.17 bits per heavy atom. The number of ether oxygens (including phenoxy) is 1. The van der Waals surface area contributed by atoms with Gasteiger partial charge in [-0.25, -0.2) is 4.39 Å². The number of aliphatic hydroxyl groups is 1. The Bertz CT molecular complexity index is 1910. The molecule has 2 N–H and O–H groups in total. The Balaban J connectivity index is 1.36. The maximum atomic E-state index is 14.5. The zero-order valence-electron chi connectivity index (χ0n) is 29.1. The molecule has 4 aromatic rings. The number of aliphatic hydroxyl groups excluding tert-OH is 1. The van der Waals surface area contributed by atoms with E-state index in [-0.39, 0.29) is 53.6 Å². The second kappa shape index (κ2) is 16.0. The second-order valence-corrected chi connectivity index (χ2v) is 13.3. The van der Waals surface area contributed by atoms with Crippen LogP contribution in [0.25, 0.3) is 11.1 Å². The standard InChI is InChI=1S/C39H38F7N3O4/c1-23-19-49(24(2)22-50)37(52)30-5-4-6-33(47-35(51)17-25-9-13-28(14-10-25)38(41,42)43)36(30)53-34(23)21-48(3)20-26-7-11-27(12-8-26)31-18-29(39(44,45)46)15-16-32(31)40/h4-16,18,23-24,34,50H,17,19-22H2,1-3H3,(H,47,51)/t23-,24+,34-/m1/s1. The van der Waals surface area contributed by atoms with Crippen LogP contribution in [0.1, 0.15) is 46.5 Å². The smallest absolute Gasteiger partial charge is 0.416 e. The van der Waals surface area contributed by atoms with E-state index in [1.807, 2.05) is 18.9 Å². The highest BCUT2D eigenvalue weighted by molar-refractivity contribution is 6.02. The van der Waals surface area contributed by atoms with Crippen LogP contribution in [0.2, 0.25) is 0 Å². The fourth-order valence-corrected chi connectivity index (χ4v) is 6.15. The minimum Gasteiger partial charge on any atom is -0.486 e. The summed E-state index contributed by atoms with van der Waals surface area (Å²) >= 11 is 0. The summed E-state index contributed by atoms with van der Waals surface area (Å²) < 4.78 is 99.8. The van der Waals surface area contributed by atoms with E-state index in [1.54, 1.807) is 54.3 Å². The predicted octanol–water partition coefficient (Wildman–Crippen LogP) is 8.06. The summed E-state index contributed by atoms with van der Waals surface area (Å²) in [6.45, 7) is 4.21. The van der Waals surface area contributed by atoms with Crippen LogP contribution in [-0.4, -0.2) is 65.6 Å². The average Bonchev–Trinajstić information content (AvgIpc) is 3.09. The molecule has 1 aliphatic heterocycles. The van der Waals surface area contributed by atoms with Crippen LogP contribution in [0.15, 0.2) is 84.9 Å². The number of nitrogens with one attached hydrogen (secondary N) is 1. The molecule has 5 rings (SSSR count). The van der Waals surface area contributed by atoms with E-state index in [9.17, 15) is 45.4 Å². The molecule has 0 aliphatic carbocycles. The number of para-hydroxylation sites is 1. The molecule has 0 saturated heterocycles. The number of hydrogen-bond donors (Lipinski definition) is 2. The lowest BCUT2D eigenvalue weighted by molar-refractivity contribution is -0.138. The van der Waals surface area contributed by atoms with E-state index in [1.165, 1.54) is 12.1 Å². The fraction of sp³-hybridized carbons (Fsp3) is 0.333. The molecule has 14 heteroatoms. The number of likely N-dealkylation sites (N-methyl/N-ethyl adjacent to an activating group) is 1. The Morgan fingerprint density at radius 1 is 0.925 bits per heavy atom. The summed E-state index contributed by atoms with van der Waals surface area (Å²) in [5, 5.41) is 12.7. The molecule has 2 amide bonds. The molecule has 0 bridgehead atoms. The first-order valence-electron chi connectivity index (χ1n) is 16.8. The van der Waals surface area contributed by atoms with E-state index in [0.29, 0.717) is 24.7 Å². The van der Waals surface area contributed by atoms with Crippen molar-refractivity contribution in [3.05, 3.63) is 119 Å². The van der Waals surface area contributed by atoms with Gasteiger partial charge in [0.15, 0.2) is 5.75 Å². The van der Waals surface area contributed by atoms with Gasteiger partial charge in [-0.3, -0.25) is 14.5 Å². The molecule has 0 radical (unpaired) electrons. The van der Waals surface area contributed by atoms with Crippen molar-refractivity contribution in [3.63, 3.8) is 0 Å². The van der Waals surface area contributed by atoms with Crippen LogP contribution in [0.5, 0.6) is 5.75 Å². The lowest BCUT2D eigenvalue weighted by atomic mass is 9.98. The largest absolute Gasteiger partial charge is 0.486 e. The minimum atomic E-state index is -4.62. The minimum absolute atomic E-state index is 0.103. The summed E-state index contributed by atoms with van der Waals surface area (Å²) in [5.41, 5.74) is -0.230. The number of carbonyl (C=O) groups is 2. The Hall–Kier alpha value is -4.95. The van der Waals surface area contributed by atoms with E-state index in [0.717, 1.165) is 29.8 Å². The Kier molecular flexibility index (Phi) is 11.8. The molecule has 0 saturated carbocycles. The van der Waals surface area contributed by atoms with Crippen molar-refractivity contribution in [3.8, 4) is 16.9 Å². The molecular formula is C39H38F7N3O4. The van der Waals surface area contributed by atoms with Gasteiger partial charge in [0, 0.05) is 31.1 Å². The number of amides is 2. The van der Waals surface area contributed by atoms with E-state index in [2.05, 4.69) is 5.32 Å². The van der Waals surface area contributed by atoms with Crippen LogP contribution in [-0.2, 0) is 30.1 Å². The summed E-state index contributed by atoms with van der Waals surface area (Å²) in [5.74, 6) is -1.93. The number of fused-ring (bicyclic) bond motifs is 1. The normalized spacial score (nSPS) is 17.1. The maximum Gasteiger partial charge on any atom is 0.416 e. The van der Waals surface area contributed by atoms with Crippen LogP contribution in [0.4, 0.5) is 36.4 Å². The van der Waals surface area contributed by atoms with Crippen molar-refractivity contribution in [2.75, 3.05) is 32.1 Å². The molecule has 1 aliphatic rings. The van der Waals surface area contributed by atoms with Gasteiger partial charge >= 0.3 is 12.4 Å². The van der Waals surface area contributed by atoms with Crippen molar-refractivity contribution in [2.45, 2.75) is 51.3 Å². The topological polar surface area (TPSA) is 82.1 Å². The summed E-state index contributed by atoms with van der Waals surface area (Å²) in [7, 11) is 1.83. The average molecular weight is 746 g/mol. The monoisotopic (exact) mass is 745 g/mol. The van der Waals surface area contributed by atoms with Crippen molar-refractivity contribution < 1.29 is 50.2 Å². The van der Waals surface area contributed by atoms with Gasteiger partial charge in [-0.05, 0) is 73.1 Å². The third kappa shape index (κ3) is 9.54. The number of benzene rings is 4. The molecule has 0 aromatic heterocycles. The highest BCUT2D eigenvalue weighted by atomic mass is 19.4. The first-order chi connectivity index (χ1) is 24.9. The van der Waals surface area contributed by atoms with Gasteiger partial charge < -0.3 is 20.1 Å². The maximum absolute atomic E-state index is 14.5. The van der Waals surface area contributed by atoms with Crippen LogP contribution < -0.4 is 10.1 Å². The van der Waals surface area contributed by atoms with Gasteiger partial charge in [0.2, 0.25) is 5.91 Å². The zero-order chi connectivity index (χ0) is 38.7. The number of hydrogen-bond acceptors (Lipinski definition) is 5. The van der Waals surface area contributed by atoms with E-state index in [4.69, 9.17) is 4.74 Å². The number of alkyl halides is 6. The number of halogens is 7. The van der Waals surface area contributed by atoms with Crippen LogP contribution in [0.3, 0.4) is 0 Å². The number of anilines is 1. The van der Waals surface area contributed by atoms with Crippen LogP contribution >= 0.6 is 0 Å². The highest BCUT2D eigenvalue weighted by Crippen LogP contribution is 2.36. The quantitative estimate of drug-likeness (QED) is 0.161. The molecule has 0 spiro atoms. The van der Waals surface area contributed by atoms with E-state index < -0.39 is 53.3 Å². The second-order valence-electron chi connectivity index (χ2n) is 13.3.